The third-order valence-corrected chi connectivity index (χ3v) is 5.93. The van der Waals surface area contributed by atoms with Crippen LogP contribution >= 0.6 is 24.4 Å². The summed E-state index contributed by atoms with van der Waals surface area (Å²) in [5.74, 6) is -2.94. The number of hydrogen-bond acceptors (Lipinski definition) is 9. The Bertz CT molecular complexity index is 806. The summed E-state index contributed by atoms with van der Waals surface area (Å²) in [6, 6.07) is -4.27. The molecule has 17 heteroatoms. The summed E-state index contributed by atoms with van der Waals surface area (Å²) < 4.78 is 0. The van der Waals surface area contributed by atoms with Gasteiger partial charge in [-0.3, -0.25) is 24.4 Å². The van der Waals surface area contributed by atoms with Gasteiger partial charge in [-0.15, -0.1) is 0 Å². The Morgan fingerprint density at radius 3 is 1.62 bits per heavy atom. The number of amides is 3. The summed E-state index contributed by atoms with van der Waals surface area (Å²) >= 11 is 5.46. The molecule has 0 aliphatic rings. The van der Waals surface area contributed by atoms with Crippen LogP contribution in [-0.4, -0.2) is 95.7 Å². The van der Waals surface area contributed by atoms with E-state index in [0.717, 1.165) is 0 Å². The van der Waals surface area contributed by atoms with Gasteiger partial charge in [-0.25, -0.2) is 4.79 Å². The SMILES string of the molecule is CSCCC(N)C(=O)NC(CCCN=C(N)N)C(=O)NC(CCCN=C(N)N)C(=O)NC(CS)C(=O)O. The maximum Gasteiger partial charge on any atom is 0.327 e. The Morgan fingerprint density at radius 1 is 0.811 bits per heavy atom. The lowest BCUT2D eigenvalue weighted by molar-refractivity contribution is -0.141. The average Bonchev–Trinajstić information content (AvgIpc) is 2.83. The first kappa shape index (κ1) is 34.1. The summed E-state index contributed by atoms with van der Waals surface area (Å²) in [5, 5.41) is 16.8. The molecule has 15 nitrogen and oxygen atoms in total. The third-order valence-electron chi connectivity index (χ3n) is 4.92. The van der Waals surface area contributed by atoms with Crippen LogP contribution in [0.2, 0.25) is 0 Å². The van der Waals surface area contributed by atoms with Crippen LogP contribution < -0.4 is 44.6 Å². The zero-order valence-electron chi connectivity index (χ0n) is 20.9. The highest BCUT2D eigenvalue weighted by atomic mass is 32.2. The van der Waals surface area contributed by atoms with Crippen LogP contribution in [0.25, 0.3) is 0 Å². The van der Waals surface area contributed by atoms with Crippen molar-refractivity contribution in [3.63, 3.8) is 0 Å². The molecule has 212 valence electrons. The summed E-state index contributed by atoms with van der Waals surface area (Å²) in [6.45, 7) is 0.394. The van der Waals surface area contributed by atoms with Gasteiger partial charge in [0.05, 0.1) is 6.04 Å². The summed E-state index contributed by atoms with van der Waals surface area (Å²) in [7, 11) is 0. The van der Waals surface area contributed by atoms with Crippen LogP contribution in [0.1, 0.15) is 32.1 Å². The quantitative estimate of drug-likeness (QED) is 0.0320. The van der Waals surface area contributed by atoms with Crippen LogP contribution in [0, 0.1) is 0 Å². The largest absolute Gasteiger partial charge is 0.480 e. The molecule has 4 atom stereocenters. The highest BCUT2D eigenvalue weighted by Gasteiger charge is 2.29. The smallest absolute Gasteiger partial charge is 0.327 e. The van der Waals surface area contributed by atoms with Gasteiger partial charge in [-0.1, -0.05) is 0 Å². The van der Waals surface area contributed by atoms with Gasteiger partial charge in [-0.05, 0) is 44.1 Å². The normalized spacial score (nSPS) is 13.8. The molecule has 0 saturated heterocycles. The molecule has 0 aromatic carbocycles. The van der Waals surface area contributed by atoms with Crippen molar-refractivity contribution in [1.29, 1.82) is 0 Å². The van der Waals surface area contributed by atoms with E-state index in [9.17, 15) is 24.3 Å². The minimum Gasteiger partial charge on any atom is -0.480 e. The third kappa shape index (κ3) is 15.7. The molecule has 0 aromatic heterocycles. The van der Waals surface area contributed by atoms with Crippen LogP contribution in [0.5, 0.6) is 0 Å². The highest BCUT2D eigenvalue weighted by Crippen LogP contribution is 2.06. The van der Waals surface area contributed by atoms with Crippen molar-refractivity contribution in [2.24, 2.45) is 38.7 Å². The number of thioether (sulfide) groups is 1. The van der Waals surface area contributed by atoms with E-state index in [1.54, 1.807) is 0 Å². The highest BCUT2D eigenvalue weighted by molar-refractivity contribution is 7.98. The molecule has 0 saturated carbocycles. The number of nitrogens with two attached hydrogens (primary N) is 5. The number of carboxylic acid groups (broad SMARTS) is 1. The fourth-order valence-electron chi connectivity index (χ4n) is 2.93. The van der Waals surface area contributed by atoms with E-state index in [0.29, 0.717) is 25.0 Å². The number of aliphatic imine (C=N–C) groups is 2. The van der Waals surface area contributed by atoms with Gasteiger partial charge in [0.2, 0.25) is 17.7 Å². The number of nitrogens with one attached hydrogen (secondary N) is 3. The predicted molar refractivity (Wildman–Crippen MR) is 148 cm³/mol. The van der Waals surface area contributed by atoms with Crippen LogP contribution in [0.3, 0.4) is 0 Å². The second kappa shape index (κ2) is 19.2. The Kier molecular flexibility index (Phi) is 17.7. The van der Waals surface area contributed by atoms with Crippen molar-refractivity contribution in [1.82, 2.24) is 16.0 Å². The van der Waals surface area contributed by atoms with Gasteiger partial charge < -0.3 is 49.7 Å². The Hall–Kier alpha value is -2.92. The van der Waals surface area contributed by atoms with Gasteiger partial charge >= 0.3 is 5.97 Å². The molecule has 0 aromatic rings. The van der Waals surface area contributed by atoms with Crippen LogP contribution in [-0.2, 0) is 19.2 Å². The summed E-state index contributed by atoms with van der Waals surface area (Å²) in [5.41, 5.74) is 27.2. The standard InChI is InChI=1S/C20H40N10O5S2/c1-37-9-6-11(21)15(31)28-12(4-2-7-26-19(22)23)16(32)29-13(5-3-8-27-20(24)25)17(33)30-14(10-36)18(34)35/h11-14,36H,2-10,21H2,1H3,(H,28,31)(H,29,32)(H,30,33)(H,34,35)(H4,22,23,26)(H4,24,25,27). The lowest BCUT2D eigenvalue weighted by atomic mass is 10.1. The molecule has 37 heavy (non-hydrogen) atoms. The van der Waals surface area contributed by atoms with Crippen molar-refractivity contribution in [3.05, 3.63) is 0 Å². The minimum absolute atomic E-state index is 0.0924. The van der Waals surface area contributed by atoms with Gasteiger partial charge in [0, 0.05) is 18.8 Å². The summed E-state index contributed by atoms with van der Waals surface area (Å²) in [4.78, 5) is 57.6. The first-order valence-electron chi connectivity index (χ1n) is 11.5. The molecule has 0 fully saturated rings. The van der Waals surface area contributed by atoms with E-state index in [4.69, 9.17) is 28.7 Å². The number of guanidine groups is 2. The molecule has 0 radical (unpaired) electrons. The molecule has 0 spiro atoms. The molecule has 4 unspecified atom stereocenters. The van der Waals surface area contributed by atoms with E-state index in [-0.39, 0.29) is 43.6 Å². The second-order valence-corrected chi connectivity index (χ2v) is 9.34. The van der Waals surface area contributed by atoms with Gasteiger partial charge in [0.25, 0.3) is 0 Å². The predicted octanol–water partition coefficient (Wildman–Crippen LogP) is -3.36. The number of hydrogen-bond donors (Lipinski definition) is 10. The first-order valence-corrected chi connectivity index (χ1v) is 13.6. The first-order chi connectivity index (χ1) is 17.4. The van der Waals surface area contributed by atoms with Gasteiger partial charge in [0.1, 0.15) is 18.1 Å². The molecule has 0 bridgehead atoms. The Labute approximate surface area is 226 Å². The molecular weight excluding hydrogens is 524 g/mol. The van der Waals surface area contributed by atoms with Crippen molar-refractivity contribution in [2.75, 3.05) is 30.9 Å². The number of rotatable bonds is 19. The lowest BCUT2D eigenvalue weighted by Gasteiger charge is -2.25. The van der Waals surface area contributed by atoms with Crippen LogP contribution in [0.15, 0.2) is 9.98 Å². The van der Waals surface area contributed by atoms with Gasteiger partial charge in [0.15, 0.2) is 11.9 Å². The molecule has 0 heterocycles. The minimum atomic E-state index is -1.28. The number of carbonyl (C=O) groups is 4. The van der Waals surface area contributed by atoms with Crippen molar-refractivity contribution >= 4 is 60.0 Å². The molecule has 0 rings (SSSR count). The Morgan fingerprint density at radius 2 is 1.24 bits per heavy atom. The molecule has 0 aliphatic carbocycles. The molecule has 0 aliphatic heterocycles. The number of aliphatic carboxylic acids is 1. The zero-order chi connectivity index (χ0) is 28.4. The maximum absolute atomic E-state index is 13.2. The number of thiol groups is 1. The fraction of sp³-hybridized carbons (Fsp3) is 0.700. The van der Waals surface area contributed by atoms with E-state index < -0.39 is 47.9 Å². The summed E-state index contributed by atoms with van der Waals surface area (Å²) in [6.07, 6.45) is 3.18. The van der Waals surface area contributed by atoms with E-state index in [1.165, 1.54) is 11.8 Å². The maximum atomic E-state index is 13.2. The van der Waals surface area contributed by atoms with Crippen molar-refractivity contribution in [2.45, 2.75) is 56.3 Å². The zero-order valence-corrected chi connectivity index (χ0v) is 22.6. The van der Waals surface area contributed by atoms with Crippen molar-refractivity contribution < 1.29 is 24.3 Å². The topological polar surface area (TPSA) is 279 Å². The number of nitrogens with zero attached hydrogens (tertiary/aromatic N) is 2. The van der Waals surface area contributed by atoms with E-state index in [2.05, 4.69) is 38.6 Å². The fourth-order valence-corrected chi connectivity index (χ4v) is 3.67. The average molecular weight is 565 g/mol. The monoisotopic (exact) mass is 564 g/mol. The second-order valence-electron chi connectivity index (χ2n) is 7.99. The van der Waals surface area contributed by atoms with E-state index in [1.807, 2.05) is 6.26 Å². The molecule has 14 N–H and O–H groups in total. The number of carboxylic acids is 1. The van der Waals surface area contributed by atoms with E-state index >= 15 is 0 Å². The van der Waals surface area contributed by atoms with Crippen LogP contribution in [0.4, 0.5) is 0 Å². The van der Waals surface area contributed by atoms with Crippen molar-refractivity contribution in [3.8, 4) is 0 Å². The Balaban J connectivity index is 5.61. The molecular formula is C20H40N10O5S2. The number of carbonyl (C=O) groups excluding carboxylic acids is 3. The molecule has 3 amide bonds. The van der Waals surface area contributed by atoms with Gasteiger partial charge in [-0.2, -0.15) is 24.4 Å². The lowest BCUT2D eigenvalue weighted by Crippen LogP contribution is -2.57.